The highest BCUT2D eigenvalue weighted by Crippen LogP contribution is 2.43. The number of hydrogen-bond donors (Lipinski definition) is 2. The summed E-state index contributed by atoms with van der Waals surface area (Å²) < 4.78 is 0. The minimum Gasteiger partial charge on any atom is -0.508 e. The van der Waals surface area contributed by atoms with E-state index in [-0.39, 0.29) is 11.5 Å². The molecule has 2 aliphatic heterocycles. The van der Waals surface area contributed by atoms with Crippen molar-refractivity contribution in [1.29, 1.82) is 0 Å². The Kier molecular flexibility index (Phi) is 5.11. The van der Waals surface area contributed by atoms with E-state index in [0.717, 1.165) is 58.4 Å². The van der Waals surface area contributed by atoms with Crippen molar-refractivity contribution in [2.24, 2.45) is 5.41 Å². The summed E-state index contributed by atoms with van der Waals surface area (Å²) in [5, 5.41) is 18.9. The van der Waals surface area contributed by atoms with Crippen LogP contribution in [-0.4, -0.2) is 58.2 Å². The van der Waals surface area contributed by atoms with Crippen LogP contribution in [0.5, 0.6) is 5.75 Å². The highest BCUT2D eigenvalue weighted by molar-refractivity contribution is 5.74. The van der Waals surface area contributed by atoms with Crippen molar-refractivity contribution in [1.82, 2.24) is 9.80 Å². The Morgan fingerprint density at radius 3 is 2.50 bits per heavy atom. The molecule has 2 fully saturated rings. The number of aromatic hydroxyl groups is 1. The minimum atomic E-state index is -0.660. The molecule has 0 amide bonds. The van der Waals surface area contributed by atoms with Crippen molar-refractivity contribution in [3.8, 4) is 5.75 Å². The smallest absolute Gasteiger partial charge is 0.320 e. The van der Waals surface area contributed by atoms with Crippen molar-refractivity contribution in [3.63, 3.8) is 0 Å². The van der Waals surface area contributed by atoms with Crippen molar-refractivity contribution >= 4 is 5.97 Å². The summed E-state index contributed by atoms with van der Waals surface area (Å²) in [4.78, 5) is 16.2. The summed E-state index contributed by atoms with van der Waals surface area (Å²) in [5.74, 6) is -0.357. The molecule has 2 saturated heterocycles. The molecule has 1 unspecified atom stereocenters. The van der Waals surface area contributed by atoms with E-state index in [0.29, 0.717) is 5.75 Å². The summed E-state index contributed by atoms with van der Waals surface area (Å²) in [6.45, 7) is 6.88. The van der Waals surface area contributed by atoms with Gasteiger partial charge in [-0.25, -0.2) is 0 Å². The van der Waals surface area contributed by atoms with Crippen LogP contribution in [0.2, 0.25) is 0 Å². The topological polar surface area (TPSA) is 64.0 Å². The lowest BCUT2D eigenvalue weighted by molar-refractivity contribution is -0.142. The van der Waals surface area contributed by atoms with Crippen LogP contribution in [0.1, 0.15) is 38.2 Å². The normalized spacial score (nSPS) is 24.5. The standard InChI is InChI=1S/C19H28N2O3/c1-2-9-21-14-19(12-17(21)18(23)24)7-10-20(11-8-19)13-15-3-5-16(22)6-4-15/h3-6,17,22H,2,7-14H2,1H3,(H,23,24). The third-order valence-corrected chi connectivity index (χ3v) is 5.66. The molecule has 2 N–H and O–H groups in total. The van der Waals surface area contributed by atoms with Gasteiger partial charge in [-0.3, -0.25) is 14.6 Å². The fraction of sp³-hybridized carbons (Fsp3) is 0.632. The number of phenols is 1. The van der Waals surface area contributed by atoms with Gasteiger partial charge in [-0.05, 0) is 68.4 Å². The minimum absolute atomic E-state index is 0.184. The zero-order valence-corrected chi connectivity index (χ0v) is 14.4. The van der Waals surface area contributed by atoms with Gasteiger partial charge >= 0.3 is 5.97 Å². The Morgan fingerprint density at radius 1 is 1.25 bits per heavy atom. The quantitative estimate of drug-likeness (QED) is 0.867. The third kappa shape index (κ3) is 3.73. The number of benzene rings is 1. The highest BCUT2D eigenvalue weighted by atomic mass is 16.4. The van der Waals surface area contributed by atoms with Crippen LogP contribution >= 0.6 is 0 Å². The molecule has 132 valence electrons. The first-order valence-electron chi connectivity index (χ1n) is 8.98. The molecule has 2 aliphatic rings. The number of likely N-dealkylation sites (tertiary alicyclic amines) is 2. The van der Waals surface area contributed by atoms with Crippen LogP contribution in [0.25, 0.3) is 0 Å². The van der Waals surface area contributed by atoms with Gasteiger partial charge in [0.2, 0.25) is 0 Å². The molecule has 1 aromatic rings. The van der Waals surface area contributed by atoms with Gasteiger partial charge in [0.1, 0.15) is 11.8 Å². The second kappa shape index (κ2) is 7.11. The van der Waals surface area contributed by atoms with Crippen molar-refractivity contribution in [2.75, 3.05) is 26.2 Å². The van der Waals surface area contributed by atoms with Crippen LogP contribution in [0.4, 0.5) is 0 Å². The molecule has 2 heterocycles. The summed E-state index contributed by atoms with van der Waals surface area (Å²) in [7, 11) is 0. The van der Waals surface area contributed by atoms with Gasteiger partial charge in [-0.15, -0.1) is 0 Å². The lowest BCUT2D eigenvalue weighted by Gasteiger charge is -2.39. The molecule has 1 aromatic carbocycles. The maximum absolute atomic E-state index is 11.6. The van der Waals surface area contributed by atoms with E-state index >= 15 is 0 Å². The van der Waals surface area contributed by atoms with E-state index < -0.39 is 5.97 Å². The maximum atomic E-state index is 11.6. The predicted molar refractivity (Wildman–Crippen MR) is 93.0 cm³/mol. The molecule has 5 heteroatoms. The number of nitrogens with zero attached hydrogens (tertiary/aromatic N) is 2. The molecular formula is C19H28N2O3. The fourth-order valence-corrected chi connectivity index (χ4v) is 4.32. The van der Waals surface area contributed by atoms with E-state index in [1.54, 1.807) is 12.1 Å². The summed E-state index contributed by atoms with van der Waals surface area (Å²) >= 11 is 0. The molecule has 0 radical (unpaired) electrons. The number of carboxylic acids is 1. The van der Waals surface area contributed by atoms with E-state index in [1.807, 2.05) is 12.1 Å². The average Bonchev–Trinajstić information content (AvgIpc) is 2.91. The second-order valence-corrected chi connectivity index (χ2v) is 7.47. The lowest BCUT2D eigenvalue weighted by atomic mass is 9.76. The Labute approximate surface area is 143 Å². The van der Waals surface area contributed by atoms with E-state index in [9.17, 15) is 15.0 Å². The number of hydrogen-bond acceptors (Lipinski definition) is 4. The van der Waals surface area contributed by atoms with Crippen molar-refractivity contribution < 1.29 is 15.0 Å². The zero-order valence-electron chi connectivity index (χ0n) is 14.4. The van der Waals surface area contributed by atoms with Gasteiger partial charge in [-0.2, -0.15) is 0 Å². The molecule has 0 aliphatic carbocycles. The number of carboxylic acid groups (broad SMARTS) is 1. The van der Waals surface area contributed by atoms with Gasteiger partial charge in [0, 0.05) is 13.1 Å². The van der Waals surface area contributed by atoms with Gasteiger partial charge in [0.05, 0.1) is 0 Å². The SMILES string of the molecule is CCCN1CC2(CCN(Cc3ccc(O)cc3)CC2)CC1C(=O)O. The average molecular weight is 332 g/mol. The molecule has 24 heavy (non-hydrogen) atoms. The predicted octanol–water partition coefficient (Wildman–Crippen LogP) is 2.54. The van der Waals surface area contributed by atoms with E-state index in [1.165, 1.54) is 5.56 Å². The molecule has 0 aromatic heterocycles. The highest BCUT2D eigenvalue weighted by Gasteiger charge is 2.47. The van der Waals surface area contributed by atoms with Crippen LogP contribution < -0.4 is 0 Å². The van der Waals surface area contributed by atoms with E-state index in [4.69, 9.17) is 0 Å². The first-order valence-corrected chi connectivity index (χ1v) is 8.98. The summed E-state index contributed by atoms with van der Waals surface area (Å²) in [5.41, 5.74) is 1.40. The molecule has 1 spiro atoms. The lowest BCUT2D eigenvalue weighted by Crippen LogP contribution is -2.41. The van der Waals surface area contributed by atoms with Crippen LogP contribution in [-0.2, 0) is 11.3 Å². The van der Waals surface area contributed by atoms with Gasteiger partial charge in [0.25, 0.3) is 0 Å². The molecule has 3 rings (SSSR count). The Balaban J connectivity index is 1.58. The zero-order chi connectivity index (χ0) is 17.2. The Bertz CT molecular complexity index is 564. The first kappa shape index (κ1) is 17.2. The Hall–Kier alpha value is -1.59. The number of phenolic OH excluding ortho intramolecular Hbond substituents is 1. The number of carbonyl (C=O) groups is 1. The van der Waals surface area contributed by atoms with Gasteiger partial charge in [0.15, 0.2) is 0 Å². The molecule has 0 saturated carbocycles. The monoisotopic (exact) mass is 332 g/mol. The number of piperidine rings is 1. The molecule has 1 atom stereocenters. The number of rotatable bonds is 5. The third-order valence-electron chi connectivity index (χ3n) is 5.66. The van der Waals surface area contributed by atoms with Gasteiger partial charge in [-0.1, -0.05) is 19.1 Å². The summed E-state index contributed by atoms with van der Waals surface area (Å²) in [6, 6.07) is 7.11. The molecular weight excluding hydrogens is 304 g/mol. The van der Waals surface area contributed by atoms with Crippen molar-refractivity contribution in [2.45, 2.75) is 45.2 Å². The van der Waals surface area contributed by atoms with Crippen LogP contribution in [0, 0.1) is 5.41 Å². The van der Waals surface area contributed by atoms with E-state index in [2.05, 4.69) is 16.7 Å². The van der Waals surface area contributed by atoms with Crippen LogP contribution in [0.3, 0.4) is 0 Å². The maximum Gasteiger partial charge on any atom is 0.320 e. The van der Waals surface area contributed by atoms with Gasteiger partial charge < -0.3 is 10.2 Å². The molecule has 0 bridgehead atoms. The van der Waals surface area contributed by atoms with Crippen molar-refractivity contribution in [3.05, 3.63) is 29.8 Å². The number of aliphatic carboxylic acids is 1. The fourth-order valence-electron chi connectivity index (χ4n) is 4.32. The second-order valence-electron chi connectivity index (χ2n) is 7.47. The largest absolute Gasteiger partial charge is 0.508 e. The first-order chi connectivity index (χ1) is 11.5. The Morgan fingerprint density at radius 2 is 1.92 bits per heavy atom. The summed E-state index contributed by atoms with van der Waals surface area (Å²) in [6.07, 6.45) is 3.96. The molecule has 5 nitrogen and oxygen atoms in total. The van der Waals surface area contributed by atoms with Crippen LogP contribution in [0.15, 0.2) is 24.3 Å².